The highest BCUT2D eigenvalue weighted by Gasteiger charge is 2.16. The van der Waals surface area contributed by atoms with Crippen molar-refractivity contribution in [3.63, 3.8) is 0 Å². The van der Waals surface area contributed by atoms with Gasteiger partial charge in [-0.2, -0.15) is 0 Å². The van der Waals surface area contributed by atoms with E-state index < -0.39 is 0 Å². The van der Waals surface area contributed by atoms with E-state index in [9.17, 15) is 0 Å². The SMILES string of the molecule is CCCNC(CC)c1nnc(-c2ccc(CC)o2)s1. The first-order chi connectivity index (χ1) is 9.28. The van der Waals surface area contributed by atoms with Crippen LogP contribution in [0.15, 0.2) is 16.5 Å². The second-order valence-corrected chi connectivity index (χ2v) is 5.49. The van der Waals surface area contributed by atoms with Crippen molar-refractivity contribution in [2.45, 2.75) is 46.1 Å². The molecular formula is C14H21N3OS. The fourth-order valence-electron chi connectivity index (χ4n) is 1.88. The third-order valence-corrected chi connectivity index (χ3v) is 4.06. The zero-order valence-corrected chi connectivity index (χ0v) is 12.6. The van der Waals surface area contributed by atoms with Crippen LogP contribution in [0, 0.1) is 0 Å². The summed E-state index contributed by atoms with van der Waals surface area (Å²) < 4.78 is 5.71. The summed E-state index contributed by atoms with van der Waals surface area (Å²) >= 11 is 1.61. The molecule has 19 heavy (non-hydrogen) atoms. The van der Waals surface area contributed by atoms with Gasteiger partial charge in [-0.1, -0.05) is 32.1 Å². The van der Waals surface area contributed by atoms with Crippen molar-refractivity contribution in [1.29, 1.82) is 0 Å². The third-order valence-electron chi connectivity index (χ3n) is 3.01. The lowest BCUT2D eigenvalue weighted by Gasteiger charge is -2.12. The van der Waals surface area contributed by atoms with E-state index in [-0.39, 0.29) is 0 Å². The van der Waals surface area contributed by atoms with E-state index in [4.69, 9.17) is 4.42 Å². The third kappa shape index (κ3) is 3.42. The molecular weight excluding hydrogens is 258 g/mol. The molecule has 1 N–H and O–H groups in total. The Kier molecular flexibility index (Phi) is 5.10. The Bertz CT molecular complexity index is 506. The first kappa shape index (κ1) is 14.2. The Morgan fingerprint density at radius 3 is 2.74 bits per heavy atom. The number of nitrogens with zero attached hydrogens (tertiary/aromatic N) is 2. The van der Waals surface area contributed by atoms with Gasteiger partial charge in [0.1, 0.15) is 10.8 Å². The number of aryl methyl sites for hydroxylation is 1. The molecule has 0 aromatic carbocycles. The van der Waals surface area contributed by atoms with Crippen LogP contribution in [0.25, 0.3) is 10.8 Å². The smallest absolute Gasteiger partial charge is 0.183 e. The number of hydrogen-bond donors (Lipinski definition) is 1. The molecule has 5 heteroatoms. The highest BCUT2D eigenvalue weighted by Crippen LogP contribution is 2.29. The standard InChI is InChI=1S/C14H21N3OS/c1-4-9-15-11(6-3)13-16-17-14(19-13)12-8-7-10(5-2)18-12/h7-8,11,15H,4-6,9H2,1-3H3. The zero-order chi connectivity index (χ0) is 13.7. The molecule has 1 unspecified atom stereocenters. The van der Waals surface area contributed by atoms with Gasteiger partial charge < -0.3 is 9.73 Å². The van der Waals surface area contributed by atoms with Gasteiger partial charge in [-0.05, 0) is 31.5 Å². The van der Waals surface area contributed by atoms with E-state index in [1.54, 1.807) is 11.3 Å². The molecule has 0 fully saturated rings. The molecule has 0 radical (unpaired) electrons. The number of hydrogen-bond acceptors (Lipinski definition) is 5. The van der Waals surface area contributed by atoms with Crippen LogP contribution in [0.3, 0.4) is 0 Å². The summed E-state index contributed by atoms with van der Waals surface area (Å²) in [7, 11) is 0. The number of nitrogens with one attached hydrogen (secondary N) is 1. The predicted molar refractivity (Wildman–Crippen MR) is 78.3 cm³/mol. The quantitative estimate of drug-likeness (QED) is 0.837. The van der Waals surface area contributed by atoms with E-state index in [1.165, 1.54) is 0 Å². The van der Waals surface area contributed by atoms with E-state index >= 15 is 0 Å². The van der Waals surface area contributed by atoms with Crippen LogP contribution in [-0.2, 0) is 6.42 Å². The van der Waals surface area contributed by atoms with Gasteiger partial charge in [-0.25, -0.2) is 0 Å². The molecule has 0 spiro atoms. The van der Waals surface area contributed by atoms with Crippen LogP contribution < -0.4 is 5.32 Å². The van der Waals surface area contributed by atoms with Gasteiger partial charge in [0.05, 0.1) is 6.04 Å². The Morgan fingerprint density at radius 1 is 1.26 bits per heavy atom. The Balaban J connectivity index is 2.13. The first-order valence-corrected chi connectivity index (χ1v) is 7.75. The average molecular weight is 279 g/mol. The van der Waals surface area contributed by atoms with E-state index in [1.807, 2.05) is 12.1 Å². The predicted octanol–water partition coefficient (Wildman–Crippen LogP) is 3.81. The minimum Gasteiger partial charge on any atom is -0.459 e. The highest BCUT2D eigenvalue weighted by atomic mass is 32.1. The second kappa shape index (κ2) is 6.82. The van der Waals surface area contributed by atoms with Crippen molar-refractivity contribution >= 4 is 11.3 Å². The fourth-order valence-corrected chi connectivity index (χ4v) is 2.85. The molecule has 0 amide bonds. The number of rotatable bonds is 7. The number of aromatic nitrogens is 2. The topological polar surface area (TPSA) is 51.0 Å². The summed E-state index contributed by atoms with van der Waals surface area (Å²) in [5, 5.41) is 13.9. The molecule has 0 saturated carbocycles. The van der Waals surface area contributed by atoms with Crippen LogP contribution in [0.2, 0.25) is 0 Å². The fraction of sp³-hybridized carbons (Fsp3) is 0.571. The summed E-state index contributed by atoms with van der Waals surface area (Å²) in [6.07, 6.45) is 3.05. The number of furan rings is 1. The average Bonchev–Trinajstić information content (AvgIpc) is 3.08. The van der Waals surface area contributed by atoms with Crippen molar-refractivity contribution in [3.8, 4) is 10.8 Å². The van der Waals surface area contributed by atoms with Crippen LogP contribution in [-0.4, -0.2) is 16.7 Å². The van der Waals surface area contributed by atoms with Crippen molar-refractivity contribution in [2.24, 2.45) is 0 Å². The van der Waals surface area contributed by atoms with Gasteiger partial charge in [0.2, 0.25) is 0 Å². The van der Waals surface area contributed by atoms with Gasteiger partial charge in [-0.3, -0.25) is 0 Å². The van der Waals surface area contributed by atoms with E-state index in [0.717, 1.165) is 47.3 Å². The molecule has 2 aromatic heterocycles. The lowest BCUT2D eigenvalue weighted by atomic mass is 10.2. The Morgan fingerprint density at radius 2 is 2.11 bits per heavy atom. The van der Waals surface area contributed by atoms with Crippen LogP contribution in [0.1, 0.15) is 50.4 Å². The van der Waals surface area contributed by atoms with Gasteiger partial charge in [0.15, 0.2) is 10.8 Å². The second-order valence-electron chi connectivity index (χ2n) is 4.48. The molecule has 2 heterocycles. The normalized spacial score (nSPS) is 12.8. The van der Waals surface area contributed by atoms with Crippen LogP contribution in [0.5, 0.6) is 0 Å². The van der Waals surface area contributed by atoms with Crippen LogP contribution >= 0.6 is 11.3 Å². The highest BCUT2D eigenvalue weighted by molar-refractivity contribution is 7.14. The minimum absolute atomic E-state index is 0.298. The van der Waals surface area contributed by atoms with Crippen molar-refractivity contribution in [3.05, 3.63) is 22.9 Å². The molecule has 0 aliphatic carbocycles. The molecule has 2 rings (SSSR count). The minimum atomic E-state index is 0.298. The van der Waals surface area contributed by atoms with E-state index in [0.29, 0.717) is 6.04 Å². The molecule has 0 aliphatic rings. The zero-order valence-electron chi connectivity index (χ0n) is 11.8. The largest absolute Gasteiger partial charge is 0.459 e. The van der Waals surface area contributed by atoms with Gasteiger partial charge in [0, 0.05) is 6.42 Å². The summed E-state index contributed by atoms with van der Waals surface area (Å²) in [4.78, 5) is 0. The van der Waals surface area contributed by atoms with E-state index in [2.05, 4.69) is 36.3 Å². The van der Waals surface area contributed by atoms with Gasteiger partial charge in [0.25, 0.3) is 0 Å². The first-order valence-electron chi connectivity index (χ1n) is 6.94. The Hall–Kier alpha value is -1.20. The monoisotopic (exact) mass is 279 g/mol. The maximum atomic E-state index is 5.71. The van der Waals surface area contributed by atoms with Crippen molar-refractivity contribution in [1.82, 2.24) is 15.5 Å². The maximum absolute atomic E-state index is 5.71. The molecule has 0 bridgehead atoms. The lowest BCUT2D eigenvalue weighted by Crippen LogP contribution is -2.21. The lowest BCUT2D eigenvalue weighted by molar-refractivity contribution is 0.512. The molecule has 104 valence electrons. The van der Waals surface area contributed by atoms with Crippen molar-refractivity contribution in [2.75, 3.05) is 6.54 Å². The molecule has 1 atom stereocenters. The molecule has 0 saturated heterocycles. The summed E-state index contributed by atoms with van der Waals surface area (Å²) in [6.45, 7) is 7.42. The molecule has 2 aromatic rings. The summed E-state index contributed by atoms with van der Waals surface area (Å²) in [6, 6.07) is 4.28. The van der Waals surface area contributed by atoms with Crippen LogP contribution in [0.4, 0.5) is 0 Å². The molecule has 0 aliphatic heterocycles. The molecule has 4 nitrogen and oxygen atoms in total. The Labute approximate surface area is 118 Å². The van der Waals surface area contributed by atoms with Gasteiger partial charge >= 0.3 is 0 Å². The summed E-state index contributed by atoms with van der Waals surface area (Å²) in [5.41, 5.74) is 0. The van der Waals surface area contributed by atoms with Crippen molar-refractivity contribution < 1.29 is 4.42 Å². The summed E-state index contributed by atoms with van der Waals surface area (Å²) in [5.74, 6) is 1.81. The van der Waals surface area contributed by atoms with Gasteiger partial charge in [-0.15, -0.1) is 10.2 Å². The maximum Gasteiger partial charge on any atom is 0.183 e.